The van der Waals surface area contributed by atoms with Gasteiger partial charge in [-0.25, -0.2) is 8.78 Å². The van der Waals surface area contributed by atoms with Crippen LogP contribution in [-0.4, -0.2) is 18.4 Å². The molecule has 0 saturated heterocycles. The van der Waals surface area contributed by atoms with Gasteiger partial charge < -0.3 is 5.73 Å². The Kier molecular flexibility index (Phi) is 3.51. The van der Waals surface area contributed by atoms with Crippen LogP contribution in [0.25, 0.3) is 0 Å². The number of rotatable bonds is 3. The number of halogens is 4. The van der Waals surface area contributed by atoms with Crippen LogP contribution >= 0.6 is 0 Å². The molecule has 2 N–H and O–H groups in total. The van der Waals surface area contributed by atoms with Crippen molar-refractivity contribution in [2.24, 2.45) is 5.73 Å². The minimum absolute atomic E-state index is 0.127. The third-order valence-electron chi connectivity index (χ3n) is 0.913. The Morgan fingerprint density at radius 1 is 1.36 bits per heavy atom. The lowest BCUT2D eigenvalue weighted by molar-refractivity contribution is -0.0908. The molecule has 0 bridgehead atoms. The molecule has 0 fully saturated rings. The largest absolute Gasteiger partial charge is 0.325 e. The lowest BCUT2D eigenvalue weighted by Crippen LogP contribution is -2.24. The van der Waals surface area contributed by atoms with E-state index in [-0.39, 0.29) is 6.08 Å². The predicted molar refractivity (Wildman–Crippen MR) is 33.7 cm³/mol. The molecule has 0 aromatic heterocycles. The summed E-state index contributed by atoms with van der Waals surface area (Å²) in [4.78, 5) is 0. The van der Waals surface area contributed by atoms with Crippen molar-refractivity contribution in [3.63, 3.8) is 0 Å². The fourth-order valence-electron chi connectivity index (χ4n) is 0.353. The number of hydrogen-bond acceptors (Lipinski definition) is 1. The highest BCUT2D eigenvalue weighted by Gasteiger charge is 2.37. The Balaban J connectivity index is 4.11. The van der Waals surface area contributed by atoms with Crippen LogP contribution in [0.1, 0.15) is 6.92 Å². The molecule has 0 rings (SSSR count). The van der Waals surface area contributed by atoms with E-state index >= 15 is 0 Å². The van der Waals surface area contributed by atoms with Crippen LogP contribution in [0.2, 0.25) is 0 Å². The van der Waals surface area contributed by atoms with Gasteiger partial charge in [0.1, 0.15) is 0 Å². The molecule has 66 valence electrons. The van der Waals surface area contributed by atoms with Gasteiger partial charge in [-0.1, -0.05) is 6.08 Å². The average molecular weight is 171 g/mol. The van der Waals surface area contributed by atoms with Gasteiger partial charge in [0.15, 0.2) is 0 Å². The second-order valence-electron chi connectivity index (χ2n) is 2.19. The Hall–Kier alpha value is -0.580. The first kappa shape index (κ1) is 10.4. The molecule has 0 saturated carbocycles. The predicted octanol–water partition coefficient (Wildman–Crippen LogP) is 1.79. The zero-order chi connectivity index (χ0) is 9.07. The van der Waals surface area contributed by atoms with E-state index in [4.69, 9.17) is 5.73 Å². The standard InChI is InChI=1S/C6H9F4N/c1-4(11)2-3-6(9,10)5(7)8/h2-5H,11H2,1H3/b3-2+. The summed E-state index contributed by atoms with van der Waals surface area (Å²) in [5, 5.41) is 0. The Bertz CT molecular complexity index is 142. The summed E-state index contributed by atoms with van der Waals surface area (Å²) in [6.07, 6.45) is -2.70. The monoisotopic (exact) mass is 171 g/mol. The van der Waals surface area contributed by atoms with Crippen molar-refractivity contribution in [1.29, 1.82) is 0 Å². The summed E-state index contributed by atoms with van der Waals surface area (Å²) in [6, 6.07) is -0.639. The van der Waals surface area contributed by atoms with E-state index in [0.29, 0.717) is 0 Å². The molecular weight excluding hydrogens is 162 g/mol. The van der Waals surface area contributed by atoms with E-state index in [9.17, 15) is 17.6 Å². The van der Waals surface area contributed by atoms with E-state index in [1.54, 1.807) is 0 Å². The number of allylic oxidation sites excluding steroid dienone is 1. The van der Waals surface area contributed by atoms with Gasteiger partial charge in [-0.05, 0) is 13.0 Å². The van der Waals surface area contributed by atoms with Gasteiger partial charge >= 0.3 is 12.3 Å². The highest BCUT2D eigenvalue weighted by molar-refractivity contribution is 4.99. The Morgan fingerprint density at radius 2 is 1.82 bits per heavy atom. The van der Waals surface area contributed by atoms with Gasteiger partial charge in [0.05, 0.1) is 0 Å². The zero-order valence-corrected chi connectivity index (χ0v) is 5.90. The van der Waals surface area contributed by atoms with Crippen LogP contribution in [0.5, 0.6) is 0 Å². The second-order valence-corrected chi connectivity index (χ2v) is 2.19. The molecule has 1 unspecified atom stereocenters. The normalized spacial score (nSPS) is 16.3. The van der Waals surface area contributed by atoms with Crippen LogP contribution in [0.4, 0.5) is 17.6 Å². The maximum atomic E-state index is 12.0. The van der Waals surface area contributed by atoms with Crippen LogP contribution in [-0.2, 0) is 0 Å². The van der Waals surface area contributed by atoms with Crippen LogP contribution in [0, 0.1) is 0 Å². The summed E-state index contributed by atoms with van der Waals surface area (Å²) in [5.41, 5.74) is 5.03. The summed E-state index contributed by atoms with van der Waals surface area (Å²) in [5.74, 6) is -4.06. The van der Waals surface area contributed by atoms with Crippen molar-refractivity contribution < 1.29 is 17.6 Å². The van der Waals surface area contributed by atoms with Gasteiger partial charge in [-0.15, -0.1) is 0 Å². The van der Waals surface area contributed by atoms with Crippen molar-refractivity contribution in [2.45, 2.75) is 25.3 Å². The summed E-state index contributed by atoms with van der Waals surface area (Å²) in [7, 11) is 0. The van der Waals surface area contributed by atoms with Crippen molar-refractivity contribution in [2.75, 3.05) is 0 Å². The molecule has 0 aromatic rings. The molecule has 0 aromatic carbocycles. The lowest BCUT2D eigenvalue weighted by Gasteiger charge is -2.09. The fraction of sp³-hybridized carbons (Fsp3) is 0.667. The van der Waals surface area contributed by atoms with Gasteiger partial charge in [-0.2, -0.15) is 8.78 Å². The molecule has 0 amide bonds. The molecule has 0 aliphatic rings. The van der Waals surface area contributed by atoms with E-state index in [1.165, 1.54) is 6.92 Å². The summed E-state index contributed by atoms with van der Waals surface area (Å²) < 4.78 is 46.9. The molecule has 1 atom stereocenters. The van der Waals surface area contributed by atoms with Crippen molar-refractivity contribution >= 4 is 0 Å². The van der Waals surface area contributed by atoms with Gasteiger partial charge in [0.25, 0.3) is 0 Å². The molecule has 1 nitrogen and oxygen atoms in total. The fourth-order valence-corrected chi connectivity index (χ4v) is 0.353. The molecule has 0 heterocycles. The highest BCUT2D eigenvalue weighted by atomic mass is 19.3. The average Bonchev–Trinajstić information content (AvgIpc) is 1.84. The molecule has 0 aliphatic carbocycles. The van der Waals surface area contributed by atoms with Crippen molar-refractivity contribution in [3.05, 3.63) is 12.2 Å². The van der Waals surface area contributed by atoms with Crippen molar-refractivity contribution in [1.82, 2.24) is 0 Å². The number of alkyl halides is 4. The lowest BCUT2D eigenvalue weighted by atomic mass is 10.2. The van der Waals surface area contributed by atoms with E-state index in [1.807, 2.05) is 0 Å². The number of hydrogen-bond donors (Lipinski definition) is 1. The topological polar surface area (TPSA) is 26.0 Å². The minimum atomic E-state index is -4.06. The Morgan fingerprint density at radius 3 is 2.09 bits per heavy atom. The maximum absolute atomic E-state index is 12.0. The van der Waals surface area contributed by atoms with Crippen molar-refractivity contribution in [3.8, 4) is 0 Å². The van der Waals surface area contributed by atoms with Crippen LogP contribution in [0.15, 0.2) is 12.2 Å². The van der Waals surface area contributed by atoms with E-state index in [2.05, 4.69) is 0 Å². The first-order valence-corrected chi connectivity index (χ1v) is 2.97. The molecule has 0 radical (unpaired) electrons. The zero-order valence-electron chi connectivity index (χ0n) is 5.90. The quantitative estimate of drug-likeness (QED) is 0.508. The second kappa shape index (κ2) is 3.71. The summed E-state index contributed by atoms with van der Waals surface area (Å²) >= 11 is 0. The molecule has 0 aliphatic heterocycles. The van der Waals surface area contributed by atoms with Gasteiger partial charge in [-0.3, -0.25) is 0 Å². The van der Waals surface area contributed by atoms with Gasteiger partial charge in [0, 0.05) is 6.04 Å². The SMILES string of the molecule is CC(N)/C=C/C(F)(F)C(F)F. The molecule has 0 spiro atoms. The minimum Gasteiger partial charge on any atom is -0.325 e. The third-order valence-corrected chi connectivity index (χ3v) is 0.913. The smallest absolute Gasteiger partial charge is 0.325 e. The maximum Gasteiger partial charge on any atom is 0.325 e. The third kappa shape index (κ3) is 3.98. The first-order valence-electron chi connectivity index (χ1n) is 2.97. The van der Waals surface area contributed by atoms with Gasteiger partial charge in [0.2, 0.25) is 0 Å². The van der Waals surface area contributed by atoms with Crippen LogP contribution < -0.4 is 5.73 Å². The Labute approximate surface area is 61.9 Å². The highest BCUT2D eigenvalue weighted by Crippen LogP contribution is 2.23. The molecular formula is C6H9F4N. The molecule has 11 heavy (non-hydrogen) atoms. The first-order chi connectivity index (χ1) is 4.86. The summed E-state index contributed by atoms with van der Waals surface area (Å²) in [6.45, 7) is 1.41. The molecule has 5 heteroatoms. The van der Waals surface area contributed by atoms with E-state index in [0.717, 1.165) is 6.08 Å². The van der Waals surface area contributed by atoms with Crippen LogP contribution in [0.3, 0.4) is 0 Å². The van der Waals surface area contributed by atoms with E-state index < -0.39 is 18.4 Å². The number of nitrogens with two attached hydrogens (primary N) is 1.